The van der Waals surface area contributed by atoms with Crippen molar-refractivity contribution in [2.24, 2.45) is 0 Å². The van der Waals surface area contributed by atoms with E-state index in [1.807, 2.05) is 20.9 Å². The third kappa shape index (κ3) is 2.93. The monoisotopic (exact) mass is 230 g/mol. The summed E-state index contributed by atoms with van der Waals surface area (Å²) in [7, 11) is 1.84. The zero-order valence-corrected chi connectivity index (χ0v) is 10.4. The van der Waals surface area contributed by atoms with Crippen LogP contribution in [0, 0.1) is 0 Å². The molecular weight excluding hydrogens is 208 g/mol. The molecule has 1 aliphatic heterocycles. The minimum Gasteiger partial charge on any atom is -0.394 e. The second kappa shape index (κ2) is 5.61. The Morgan fingerprint density at radius 2 is 2.06 bits per heavy atom. The number of hydrogen-bond donors (Lipinski definition) is 1. The van der Waals surface area contributed by atoms with Crippen LogP contribution in [0.5, 0.6) is 0 Å². The van der Waals surface area contributed by atoms with Crippen LogP contribution in [0.3, 0.4) is 0 Å². The topological polar surface area (TPSA) is 53.0 Å². The predicted molar refractivity (Wildman–Crippen MR) is 61.2 cm³/mol. The van der Waals surface area contributed by atoms with Gasteiger partial charge in [0.1, 0.15) is 0 Å². The van der Waals surface area contributed by atoms with Gasteiger partial charge in [0.25, 0.3) is 0 Å². The summed E-state index contributed by atoms with van der Waals surface area (Å²) in [5.74, 6) is 0.154. The van der Waals surface area contributed by atoms with Crippen LogP contribution in [0.1, 0.15) is 13.8 Å². The van der Waals surface area contributed by atoms with Crippen molar-refractivity contribution < 1.29 is 14.6 Å². The number of likely N-dealkylation sites (N-methyl/N-ethyl adjacent to an activating group) is 1. The van der Waals surface area contributed by atoms with Gasteiger partial charge in [-0.15, -0.1) is 0 Å². The summed E-state index contributed by atoms with van der Waals surface area (Å²) in [4.78, 5) is 15.9. The molecule has 5 nitrogen and oxygen atoms in total. The maximum atomic E-state index is 11.9. The fraction of sp³-hybridized carbons (Fsp3) is 0.909. The van der Waals surface area contributed by atoms with Crippen molar-refractivity contribution in [3.05, 3.63) is 0 Å². The van der Waals surface area contributed by atoms with Crippen LogP contribution in [0.4, 0.5) is 0 Å². The number of ether oxygens (including phenoxy) is 1. The number of carbonyl (C=O) groups is 1. The molecule has 0 spiro atoms. The molecule has 1 amide bonds. The summed E-state index contributed by atoms with van der Waals surface area (Å²) >= 11 is 0. The summed E-state index contributed by atoms with van der Waals surface area (Å²) in [6, 6.07) is 0. The zero-order chi connectivity index (χ0) is 12.2. The van der Waals surface area contributed by atoms with Crippen molar-refractivity contribution in [3.63, 3.8) is 0 Å². The maximum Gasteiger partial charge on any atom is 0.242 e. The van der Waals surface area contributed by atoms with E-state index in [-0.39, 0.29) is 12.5 Å². The average molecular weight is 230 g/mol. The molecule has 94 valence electrons. The van der Waals surface area contributed by atoms with Crippen molar-refractivity contribution in [1.82, 2.24) is 9.80 Å². The van der Waals surface area contributed by atoms with Crippen molar-refractivity contribution >= 4 is 5.91 Å². The number of aliphatic hydroxyl groups excluding tert-OH is 1. The fourth-order valence-corrected chi connectivity index (χ4v) is 1.99. The van der Waals surface area contributed by atoms with Gasteiger partial charge in [-0.2, -0.15) is 0 Å². The number of hydrogen-bond acceptors (Lipinski definition) is 4. The van der Waals surface area contributed by atoms with Gasteiger partial charge >= 0.3 is 0 Å². The molecule has 1 fully saturated rings. The summed E-state index contributed by atoms with van der Waals surface area (Å²) in [5.41, 5.74) is -0.449. The Hall–Kier alpha value is -0.650. The maximum absolute atomic E-state index is 11.9. The van der Waals surface area contributed by atoms with Gasteiger partial charge in [0.15, 0.2) is 0 Å². The summed E-state index contributed by atoms with van der Waals surface area (Å²) < 4.78 is 5.22. The fourth-order valence-electron chi connectivity index (χ4n) is 1.99. The molecular formula is C11H22N2O3. The number of amides is 1. The van der Waals surface area contributed by atoms with Crippen molar-refractivity contribution in [2.45, 2.75) is 19.4 Å². The van der Waals surface area contributed by atoms with Gasteiger partial charge < -0.3 is 14.7 Å². The van der Waals surface area contributed by atoms with E-state index in [4.69, 9.17) is 9.84 Å². The van der Waals surface area contributed by atoms with E-state index in [0.717, 1.165) is 19.6 Å². The quantitative estimate of drug-likeness (QED) is 0.650. The number of carbonyl (C=O) groups excluding carboxylic acids is 1. The highest BCUT2D eigenvalue weighted by molar-refractivity contribution is 5.86. The molecule has 0 saturated carbocycles. The molecule has 0 radical (unpaired) electrons. The van der Waals surface area contributed by atoms with Crippen molar-refractivity contribution in [2.75, 3.05) is 46.5 Å². The first-order valence-electron chi connectivity index (χ1n) is 5.69. The molecule has 0 aromatic rings. The van der Waals surface area contributed by atoms with E-state index < -0.39 is 5.54 Å². The number of aliphatic hydroxyl groups is 1. The Morgan fingerprint density at radius 1 is 1.38 bits per heavy atom. The van der Waals surface area contributed by atoms with Crippen LogP contribution >= 0.6 is 0 Å². The number of piperazine rings is 1. The lowest BCUT2D eigenvalue weighted by molar-refractivity contribution is -0.147. The highest BCUT2D eigenvalue weighted by Gasteiger charge is 2.39. The second-order valence-corrected chi connectivity index (χ2v) is 4.61. The van der Waals surface area contributed by atoms with Gasteiger partial charge in [-0.1, -0.05) is 0 Å². The van der Waals surface area contributed by atoms with E-state index >= 15 is 0 Å². The van der Waals surface area contributed by atoms with E-state index in [9.17, 15) is 4.79 Å². The molecule has 1 heterocycles. The molecule has 1 saturated heterocycles. The molecule has 0 atom stereocenters. The van der Waals surface area contributed by atoms with Gasteiger partial charge in [-0.25, -0.2) is 0 Å². The molecule has 0 bridgehead atoms. The van der Waals surface area contributed by atoms with Crippen LogP contribution in [0.2, 0.25) is 0 Å². The smallest absolute Gasteiger partial charge is 0.242 e. The lowest BCUT2D eigenvalue weighted by Gasteiger charge is -2.44. The number of rotatable bonds is 5. The highest BCUT2D eigenvalue weighted by Crippen LogP contribution is 2.20. The molecule has 0 unspecified atom stereocenters. The lowest BCUT2D eigenvalue weighted by atomic mass is 9.98. The first-order valence-corrected chi connectivity index (χ1v) is 5.69. The summed E-state index contributed by atoms with van der Waals surface area (Å²) in [5, 5.41) is 8.58. The molecule has 16 heavy (non-hydrogen) atoms. The minimum atomic E-state index is -0.449. The zero-order valence-electron chi connectivity index (χ0n) is 10.4. The lowest BCUT2D eigenvalue weighted by Crippen LogP contribution is -2.62. The Morgan fingerprint density at radius 3 is 2.69 bits per heavy atom. The normalized spacial score (nSPS) is 21.5. The number of nitrogens with zero attached hydrogens (tertiary/aromatic N) is 2. The highest BCUT2D eigenvalue weighted by atomic mass is 16.5. The van der Waals surface area contributed by atoms with Crippen molar-refractivity contribution in [3.8, 4) is 0 Å². The van der Waals surface area contributed by atoms with Gasteiger partial charge in [-0.05, 0) is 13.8 Å². The minimum absolute atomic E-state index is 0.0467. The Kier molecular flexibility index (Phi) is 4.70. The molecule has 1 aliphatic rings. The Balaban J connectivity index is 2.44. The predicted octanol–water partition coefficient (Wildman–Crippen LogP) is -0.452. The second-order valence-electron chi connectivity index (χ2n) is 4.61. The molecule has 0 aromatic heterocycles. The first-order chi connectivity index (χ1) is 7.50. The Bertz CT molecular complexity index is 243. The SMILES string of the molecule is CN1CCN(CCOCCO)C(C)(C)C1=O. The van der Waals surface area contributed by atoms with E-state index in [2.05, 4.69) is 4.90 Å². The van der Waals surface area contributed by atoms with Crippen molar-refractivity contribution in [1.29, 1.82) is 0 Å². The van der Waals surface area contributed by atoms with E-state index in [1.165, 1.54) is 0 Å². The average Bonchev–Trinajstić information content (AvgIpc) is 2.24. The molecule has 5 heteroatoms. The van der Waals surface area contributed by atoms with Gasteiger partial charge in [-0.3, -0.25) is 9.69 Å². The van der Waals surface area contributed by atoms with Crippen LogP contribution in [0.25, 0.3) is 0 Å². The van der Waals surface area contributed by atoms with Crippen LogP contribution in [-0.2, 0) is 9.53 Å². The standard InChI is InChI=1S/C11H22N2O3/c1-11(2)10(15)12(3)4-5-13(11)6-8-16-9-7-14/h14H,4-9H2,1-3H3. The molecule has 1 N–H and O–H groups in total. The molecule has 0 aromatic carbocycles. The van der Waals surface area contributed by atoms with E-state index in [0.29, 0.717) is 13.2 Å². The third-order valence-corrected chi connectivity index (χ3v) is 3.11. The summed E-state index contributed by atoms with van der Waals surface area (Å²) in [6.07, 6.45) is 0. The van der Waals surface area contributed by atoms with Crippen LogP contribution in [0.15, 0.2) is 0 Å². The Labute approximate surface area is 97.0 Å². The first kappa shape index (κ1) is 13.4. The van der Waals surface area contributed by atoms with Gasteiger partial charge in [0.2, 0.25) is 5.91 Å². The van der Waals surface area contributed by atoms with E-state index in [1.54, 1.807) is 4.90 Å². The van der Waals surface area contributed by atoms with Gasteiger partial charge in [0, 0.05) is 26.7 Å². The largest absolute Gasteiger partial charge is 0.394 e. The van der Waals surface area contributed by atoms with Crippen LogP contribution < -0.4 is 0 Å². The van der Waals surface area contributed by atoms with Crippen LogP contribution in [-0.4, -0.2) is 72.9 Å². The molecule has 0 aliphatic carbocycles. The summed E-state index contributed by atoms with van der Waals surface area (Å²) in [6.45, 7) is 7.22. The third-order valence-electron chi connectivity index (χ3n) is 3.11. The van der Waals surface area contributed by atoms with Gasteiger partial charge in [0.05, 0.1) is 25.4 Å². The molecule has 1 rings (SSSR count).